The zero-order valence-corrected chi connectivity index (χ0v) is 23.1. The minimum atomic E-state index is -4.51. The van der Waals surface area contributed by atoms with Gasteiger partial charge in [0.05, 0.1) is 24.3 Å². The molecular weight excluding hydrogens is 515 g/mol. The maximum atomic E-state index is 14.0. The van der Waals surface area contributed by atoms with Crippen LogP contribution in [0.25, 0.3) is 33.4 Å². The van der Waals surface area contributed by atoms with Gasteiger partial charge in [0.15, 0.2) is 5.82 Å². The summed E-state index contributed by atoms with van der Waals surface area (Å²) in [6.07, 6.45) is -3.62. The van der Waals surface area contributed by atoms with Gasteiger partial charge in [-0.1, -0.05) is 30.3 Å². The molecule has 4 aromatic rings. The quantitative estimate of drug-likeness (QED) is 0.254. The molecule has 1 aliphatic heterocycles. The zero-order valence-electron chi connectivity index (χ0n) is 23.1. The fraction of sp³-hybridized carbons (Fsp3) is 0.355. The molecule has 0 atom stereocenters. The number of nitrogens with one attached hydrogen (secondary N) is 1. The number of aryl methyl sites for hydroxylation is 1. The van der Waals surface area contributed by atoms with Crippen LogP contribution in [0.3, 0.4) is 0 Å². The minimum absolute atomic E-state index is 0.258. The van der Waals surface area contributed by atoms with Crippen LogP contribution >= 0.6 is 0 Å². The predicted molar refractivity (Wildman–Crippen MR) is 155 cm³/mol. The summed E-state index contributed by atoms with van der Waals surface area (Å²) in [4.78, 5) is 14.1. The molecule has 0 bridgehead atoms. The van der Waals surface area contributed by atoms with E-state index in [0.717, 1.165) is 54.3 Å². The Labute approximate surface area is 232 Å². The van der Waals surface area contributed by atoms with Gasteiger partial charge in [0.1, 0.15) is 5.82 Å². The molecule has 0 radical (unpaired) electrons. The van der Waals surface area contributed by atoms with E-state index in [1.165, 1.54) is 6.07 Å². The lowest BCUT2D eigenvalue weighted by Crippen LogP contribution is -2.36. The van der Waals surface area contributed by atoms with Gasteiger partial charge in [0.2, 0.25) is 0 Å². The molecule has 0 unspecified atom stereocenters. The first kappa shape index (κ1) is 27.9. The van der Waals surface area contributed by atoms with Crippen LogP contribution in [0, 0.1) is 6.92 Å². The molecule has 1 fully saturated rings. The van der Waals surface area contributed by atoms with Gasteiger partial charge in [-0.3, -0.25) is 0 Å². The van der Waals surface area contributed by atoms with E-state index >= 15 is 0 Å². The van der Waals surface area contributed by atoms with E-state index in [1.54, 1.807) is 18.2 Å². The Balaban J connectivity index is 1.66. The molecule has 0 aliphatic carbocycles. The third-order valence-electron chi connectivity index (χ3n) is 7.14. The fourth-order valence-corrected chi connectivity index (χ4v) is 5.05. The van der Waals surface area contributed by atoms with Crippen LogP contribution < -0.4 is 10.2 Å². The van der Waals surface area contributed by atoms with Crippen molar-refractivity contribution >= 4 is 22.4 Å². The lowest BCUT2D eigenvalue weighted by molar-refractivity contribution is -0.137. The summed E-state index contributed by atoms with van der Waals surface area (Å²) < 4.78 is 47.6. The van der Waals surface area contributed by atoms with Crippen molar-refractivity contribution in [2.45, 2.75) is 19.5 Å². The third-order valence-corrected chi connectivity index (χ3v) is 7.14. The highest BCUT2D eigenvalue weighted by Crippen LogP contribution is 2.37. The number of hydrogen-bond acceptors (Lipinski definition) is 6. The first-order valence-electron chi connectivity index (χ1n) is 13.5. The topological polar surface area (TPSA) is 53.5 Å². The smallest absolute Gasteiger partial charge is 0.378 e. The second-order valence-corrected chi connectivity index (χ2v) is 10.3. The Morgan fingerprint density at radius 2 is 1.65 bits per heavy atom. The molecule has 40 heavy (non-hydrogen) atoms. The lowest BCUT2D eigenvalue weighted by atomic mass is 9.99. The van der Waals surface area contributed by atoms with Gasteiger partial charge in [-0.25, -0.2) is 9.97 Å². The molecule has 0 amide bonds. The van der Waals surface area contributed by atoms with E-state index in [0.29, 0.717) is 42.3 Å². The Hall–Kier alpha value is -3.69. The zero-order chi connectivity index (χ0) is 28.3. The van der Waals surface area contributed by atoms with E-state index in [-0.39, 0.29) is 5.82 Å². The van der Waals surface area contributed by atoms with Gasteiger partial charge >= 0.3 is 6.18 Å². The molecule has 1 N–H and O–H groups in total. The number of alkyl halides is 3. The number of ether oxygens (including phenoxy) is 1. The summed E-state index contributed by atoms with van der Waals surface area (Å²) >= 11 is 0. The Bertz CT molecular complexity index is 1470. The van der Waals surface area contributed by atoms with E-state index in [9.17, 15) is 13.2 Å². The summed E-state index contributed by atoms with van der Waals surface area (Å²) in [5.74, 6) is 0.877. The van der Waals surface area contributed by atoms with Crippen LogP contribution in [-0.2, 0) is 10.9 Å². The number of benzene rings is 3. The van der Waals surface area contributed by atoms with Gasteiger partial charge in [-0.15, -0.1) is 0 Å². The van der Waals surface area contributed by atoms with E-state index in [4.69, 9.17) is 14.7 Å². The molecule has 1 saturated heterocycles. The number of halogens is 3. The Morgan fingerprint density at radius 3 is 2.35 bits per heavy atom. The molecular formula is C31H34F3N5O. The minimum Gasteiger partial charge on any atom is -0.378 e. The van der Waals surface area contributed by atoms with Gasteiger partial charge in [-0.05, 0) is 81.0 Å². The van der Waals surface area contributed by atoms with Crippen molar-refractivity contribution in [1.82, 2.24) is 14.9 Å². The number of fused-ring (bicyclic) bond motifs is 1. The first-order chi connectivity index (χ1) is 19.2. The summed E-state index contributed by atoms with van der Waals surface area (Å²) in [6, 6.07) is 17.2. The van der Waals surface area contributed by atoms with Crippen LogP contribution in [0.1, 0.15) is 17.5 Å². The molecule has 210 valence electrons. The lowest BCUT2D eigenvalue weighted by Gasteiger charge is -2.30. The maximum absolute atomic E-state index is 14.0. The maximum Gasteiger partial charge on any atom is 0.416 e. The van der Waals surface area contributed by atoms with Crippen LogP contribution in [0.5, 0.6) is 0 Å². The highest BCUT2D eigenvalue weighted by molar-refractivity contribution is 5.95. The van der Waals surface area contributed by atoms with Gasteiger partial charge < -0.3 is 19.9 Å². The molecule has 5 rings (SSSR count). The second-order valence-electron chi connectivity index (χ2n) is 10.3. The van der Waals surface area contributed by atoms with Crippen molar-refractivity contribution in [2.24, 2.45) is 0 Å². The van der Waals surface area contributed by atoms with E-state index in [2.05, 4.69) is 21.2 Å². The van der Waals surface area contributed by atoms with Crippen molar-refractivity contribution in [3.63, 3.8) is 0 Å². The molecule has 3 aromatic carbocycles. The molecule has 1 aromatic heterocycles. The molecule has 6 nitrogen and oxygen atoms in total. The standard InChI is InChI=1S/C31H34F3N5O/c1-21-27(39-14-16-40-17-15-39)11-10-26-28(21)36-29(37-30(26)35-12-7-13-38(2)3)24-18-23(22-8-5-4-6-9-22)19-25(20-24)31(32,33)34/h4-6,8-11,18-20H,7,12-17H2,1-3H3,(H,35,36,37). The fourth-order valence-electron chi connectivity index (χ4n) is 5.05. The molecule has 0 spiro atoms. The van der Waals surface area contributed by atoms with Crippen LogP contribution in [-0.4, -0.2) is 68.4 Å². The number of morpholine rings is 1. The Kier molecular flexibility index (Phi) is 8.23. The van der Waals surface area contributed by atoms with Crippen molar-refractivity contribution < 1.29 is 17.9 Å². The largest absolute Gasteiger partial charge is 0.416 e. The summed E-state index contributed by atoms with van der Waals surface area (Å²) in [6.45, 7) is 6.43. The van der Waals surface area contributed by atoms with Gasteiger partial charge in [0.25, 0.3) is 0 Å². The average molecular weight is 550 g/mol. The Morgan fingerprint density at radius 1 is 0.925 bits per heavy atom. The molecule has 2 heterocycles. The highest BCUT2D eigenvalue weighted by atomic mass is 19.4. The SMILES string of the molecule is Cc1c(N2CCOCC2)ccc2c(NCCCN(C)C)nc(-c3cc(-c4ccccc4)cc(C(F)(F)F)c3)nc12. The van der Waals surface area contributed by atoms with Crippen molar-refractivity contribution in [2.75, 3.05) is 63.7 Å². The van der Waals surface area contributed by atoms with Gasteiger partial charge in [-0.2, -0.15) is 13.2 Å². The predicted octanol–water partition coefficient (Wildman–Crippen LogP) is 6.49. The van der Waals surface area contributed by atoms with Crippen LogP contribution in [0.15, 0.2) is 60.7 Å². The monoisotopic (exact) mass is 549 g/mol. The van der Waals surface area contributed by atoms with Gasteiger partial charge in [0, 0.05) is 36.3 Å². The molecule has 1 aliphatic rings. The van der Waals surface area contributed by atoms with Crippen LogP contribution in [0.4, 0.5) is 24.7 Å². The summed E-state index contributed by atoms with van der Waals surface area (Å²) in [5, 5.41) is 4.28. The normalized spacial score (nSPS) is 14.2. The van der Waals surface area contributed by atoms with Crippen molar-refractivity contribution in [3.8, 4) is 22.5 Å². The van der Waals surface area contributed by atoms with Crippen molar-refractivity contribution in [3.05, 3.63) is 71.8 Å². The summed E-state index contributed by atoms with van der Waals surface area (Å²) in [5.41, 5.74) is 3.50. The number of nitrogens with zero attached hydrogens (tertiary/aromatic N) is 4. The third kappa shape index (κ3) is 6.21. The highest BCUT2D eigenvalue weighted by Gasteiger charge is 2.32. The molecule has 0 saturated carbocycles. The average Bonchev–Trinajstić information content (AvgIpc) is 2.95. The number of aromatic nitrogens is 2. The molecule has 9 heteroatoms. The summed E-state index contributed by atoms with van der Waals surface area (Å²) in [7, 11) is 4.04. The second kappa shape index (κ2) is 11.8. The first-order valence-corrected chi connectivity index (χ1v) is 13.5. The number of anilines is 2. The van der Waals surface area contributed by atoms with E-state index in [1.807, 2.05) is 45.3 Å². The van der Waals surface area contributed by atoms with E-state index < -0.39 is 11.7 Å². The number of rotatable bonds is 8. The number of hydrogen-bond donors (Lipinski definition) is 1. The van der Waals surface area contributed by atoms with Crippen molar-refractivity contribution in [1.29, 1.82) is 0 Å². The van der Waals surface area contributed by atoms with Crippen LogP contribution in [0.2, 0.25) is 0 Å².